The largest absolute Gasteiger partial charge is 0.357 e. The Morgan fingerprint density at radius 3 is 2.69 bits per heavy atom. The molecule has 0 spiro atoms. The molecule has 16 heavy (non-hydrogen) atoms. The molecule has 0 aliphatic heterocycles. The Morgan fingerprint density at radius 2 is 2.00 bits per heavy atom. The zero-order chi connectivity index (χ0) is 11.5. The minimum atomic E-state index is 0.559. The van der Waals surface area contributed by atoms with Gasteiger partial charge in [-0.2, -0.15) is 0 Å². The van der Waals surface area contributed by atoms with E-state index in [1.807, 2.05) is 6.07 Å². The maximum atomic E-state index is 6.09. The molecule has 1 heterocycles. The van der Waals surface area contributed by atoms with Gasteiger partial charge in [0, 0.05) is 23.8 Å². The third-order valence-corrected chi connectivity index (χ3v) is 2.63. The molecule has 0 radical (unpaired) electrons. The van der Waals surface area contributed by atoms with E-state index in [-0.39, 0.29) is 0 Å². The Kier molecular flexibility index (Phi) is 3.27. The molecular formula is C11H9Cl2N3. The van der Waals surface area contributed by atoms with Crippen LogP contribution in [-0.2, 0) is 0 Å². The number of nitrogens with one attached hydrogen (secondary N) is 1. The van der Waals surface area contributed by atoms with Crippen LogP contribution >= 0.6 is 23.2 Å². The van der Waals surface area contributed by atoms with Crippen molar-refractivity contribution in [1.29, 1.82) is 0 Å². The molecular weight excluding hydrogens is 245 g/mol. The molecule has 2 aromatic rings. The van der Waals surface area contributed by atoms with E-state index in [4.69, 9.17) is 23.2 Å². The summed E-state index contributed by atoms with van der Waals surface area (Å²) in [4.78, 5) is 8.34. The van der Waals surface area contributed by atoms with Crippen molar-refractivity contribution < 1.29 is 0 Å². The Morgan fingerprint density at radius 1 is 1.19 bits per heavy atom. The molecule has 0 bridgehead atoms. The Hall–Kier alpha value is -1.32. The van der Waals surface area contributed by atoms with Crippen molar-refractivity contribution in [1.82, 2.24) is 9.97 Å². The van der Waals surface area contributed by atoms with Gasteiger partial charge in [-0.3, -0.25) is 0 Å². The summed E-state index contributed by atoms with van der Waals surface area (Å²) in [5, 5.41) is 4.06. The second-order valence-corrected chi connectivity index (χ2v) is 3.98. The smallest absolute Gasteiger partial charge is 0.222 e. The van der Waals surface area contributed by atoms with Crippen molar-refractivity contribution in [2.45, 2.75) is 0 Å². The van der Waals surface area contributed by atoms with Crippen molar-refractivity contribution in [2.24, 2.45) is 0 Å². The molecule has 0 saturated heterocycles. The van der Waals surface area contributed by atoms with Gasteiger partial charge in [0.2, 0.25) is 5.95 Å². The Balaban J connectivity index is 2.49. The van der Waals surface area contributed by atoms with Crippen LogP contribution in [0.4, 0.5) is 5.95 Å². The van der Waals surface area contributed by atoms with Crippen LogP contribution in [0, 0.1) is 0 Å². The third-order valence-electron chi connectivity index (χ3n) is 2.09. The number of hydrogen-bond acceptors (Lipinski definition) is 3. The lowest BCUT2D eigenvalue weighted by atomic mass is 10.1. The van der Waals surface area contributed by atoms with Crippen LogP contribution in [0.1, 0.15) is 0 Å². The molecule has 2 rings (SSSR count). The van der Waals surface area contributed by atoms with E-state index < -0.39 is 0 Å². The van der Waals surface area contributed by atoms with Gasteiger partial charge in [-0.15, -0.1) is 0 Å². The molecule has 0 unspecified atom stereocenters. The van der Waals surface area contributed by atoms with E-state index in [2.05, 4.69) is 15.3 Å². The first-order chi connectivity index (χ1) is 7.70. The lowest BCUT2D eigenvalue weighted by molar-refractivity contribution is 1.15. The maximum absolute atomic E-state index is 6.09. The average molecular weight is 254 g/mol. The van der Waals surface area contributed by atoms with Crippen LogP contribution in [0.3, 0.4) is 0 Å². The SMILES string of the molecule is CNc1nccc(-c2ccc(Cl)cc2Cl)n1. The quantitative estimate of drug-likeness (QED) is 0.891. The minimum absolute atomic E-state index is 0.559. The second kappa shape index (κ2) is 4.68. The van der Waals surface area contributed by atoms with Gasteiger partial charge in [0.25, 0.3) is 0 Å². The summed E-state index contributed by atoms with van der Waals surface area (Å²) in [5.74, 6) is 0.559. The summed E-state index contributed by atoms with van der Waals surface area (Å²) in [7, 11) is 1.77. The van der Waals surface area contributed by atoms with Gasteiger partial charge in [-0.05, 0) is 24.3 Å². The first-order valence-corrected chi connectivity index (χ1v) is 5.42. The molecule has 0 fully saturated rings. The summed E-state index contributed by atoms with van der Waals surface area (Å²) in [6, 6.07) is 7.12. The summed E-state index contributed by atoms with van der Waals surface area (Å²) >= 11 is 11.9. The second-order valence-electron chi connectivity index (χ2n) is 3.14. The van der Waals surface area contributed by atoms with Crippen LogP contribution in [0.25, 0.3) is 11.3 Å². The van der Waals surface area contributed by atoms with Crippen molar-refractivity contribution >= 4 is 29.2 Å². The number of hydrogen-bond donors (Lipinski definition) is 1. The standard InChI is InChI=1S/C11H9Cl2N3/c1-14-11-15-5-4-10(16-11)8-3-2-7(12)6-9(8)13/h2-6H,1H3,(H,14,15,16). The molecule has 82 valence electrons. The third kappa shape index (κ3) is 2.26. The first-order valence-electron chi connectivity index (χ1n) is 4.67. The van der Waals surface area contributed by atoms with E-state index in [1.165, 1.54) is 0 Å². The fourth-order valence-electron chi connectivity index (χ4n) is 1.33. The molecule has 0 atom stereocenters. The fraction of sp³-hybridized carbons (Fsp3) is 0.0909. The van der Waals surface area contributed by atoms with E-state index in [0.717, 1.165) is 11.3 Å². The monoisotopic (exact) mass is 253 g/mol. The highest BCUT2D eigenvalue weighted by atomic mass is 35.5. The highest BCUT2D eigenvalue weighted by Crippen LogP contribution is 2.29. The van der Waals surface area contributed by atoms with Crippen LogP contribution < -0.4 is 5.32 Å². The van der Waals surface area contributed by atoms with Gasteiger partial charge in [-0.25, -0.2) is 9.97 Å². The van der Waals surface area contributed by atoms with Gasteiger partial charge in [-0.1, -0.05) is 23.2 Å². The normalized spacial score (nSPS) is 10.2. The number of aromatic nitrogens is 2. The van der Waals surface area contributed by atoms with Gasteiger partial charge < -0.3 is 5.32 Å². The molecule has 0 aliphatic carbocycles. The van der Waals surface area contributed by atoms with Crippen LogP contribution in [-0.4, -0.2) is 17.0 Å². The Labute approximate surface area is 103 Å². The molecule has 3 nitrogen and oxygen atoms in total. The van der Waals surface area contributed by atoms with Crippen LogP contribution in [0.15, 0.2) is 30.5 Å². The summed E-state index contributed by atoms with van der Waals surface area (Å²) in [5.41, 5.74) is 1.60. The predicted molar refractivity (Wildman–Crippen MR) is 67.0 cm³/mol. The summed E-state index contributed by atoms with van der Waals surface area (Å²) in [6.07, 6.45) is 1.68. The molecule has 0 saturated carbocycles. The lowest BCUT2D eigenvalue weighted by Crippen LogP contribution is -1.96. The van der Waals surface area contributed by atoms with Gasteiger partial charge in [0.05, 0.1) is 10.7 Å². The van der Waals surface area contributed by atoms with Crippen LogP contribution in [0.2, 0.25) is 10.0 Å². The van der Waals surface area contributed by atoms with Crippen molar-refractivity contribution in [3.63, 3.8) is 0 Å². The zero-order valence-electron chi connectivity index (χ0n) is 8.54. The van der Waals surface area contributed by atoms with Gasteiger partial charge >= 0.3 is 0 Å². The molecule has 5 heteroatoms. The van der Waals surface area contributed by atoms with Crippen molar-refractivity contribution in [3.05, 3.63) is 40.5 Å². The van der Waals surface area contributed by atoms with E-state index >= 15 is 0 Å². The zero-order valence-corrected chi connectivity index (χ0v) is 10.0. The minimum Gasteiger partial charge on any atom is -0.357 e. The van der Waals surface area contributed by atoms with Crippen molar-refractivity contribution in [2.75, 3.05) is 12.4 Å². The highest BCUT2D eigenvalue weighted by molar-refractivity contribution is 6.36. The molecule has 0 aliphatic rings. The predicted octanol–water partition coefficient (Wildman–Crippen LogP) is 3.49. The Bertz CT molecular complexity index is 514. The van der Waals surface area contributed by atoms with E-state index in [1.54, 1.807) is 31.4 Å². The molecule has 1 aromatic carbocycles. The average Bonchev–Trinajstić information content (AvgIpc) is 2.29. The molecule has 1 aromatic heterocycles. The lowest BCUT2D eigenvalue weighted by Gasteiger charge is -2.05. The van der Waals surface area contributed by atoms with Gasteiger partial charge in [0.1, 0.15) is 0 Å². The molecule has 1 N–H and O–H groups in total. The van der Waals surface area contributed by atoms with Crippen LogP contribution in [0.5, 0.6) is 0 Å². The first kappa shape index (κ1) is 11.2. The number of halogens is 2. The summed E-state index contributed by atoms with van der Waals surface area (Å²) in [6.45, 7) is 0. The van der Waals surface area contributed by atoms with E-state index in [9.17, 15) is 0 Å². The molecule has 0 amide bonds. The topological polar surface area (TPSA) is 37.8 Å². The summed E-state index contributed by atoms with van der Waals surface area (Å²) < 4.78 is 0. The number of nitrogens with zero attached hydrogens (tertiary/aromatic N) is 2. The van der Waals surface area contributed by atoms with Gasteiger partial charge in [0.15, 0.2) is 0 Å². The van der Waals surface area contributed by atoms with E-state index in [0.29, 0.717) is 16.0 Å². The number of benzene rings is 1. The number of rotatable bonds is 2. The highest BCUT2D eigenvalue weighted by Gasteiger charge is 2.06. The number of anilines is 1. The fourth-order valence-corrected chi connectivity index (χ4v) is 1.83. The van der Waals surface area contributed by atoms with Crippen molar-refractivity contribution in [3.8, 4) is 11.3 Å². The maximum Gasteiger partial charge on any atom is 0.222 e.